The summed E-state index contributed by atoms with van der Waals surface area (Å²) in [6, 6.07) is 2.08. The number of nitrogens with one attached hydrogen (secondary N) is 1. The molecule has 3 N–H and O–H groups in total. The van der Waals surface area contributed by atoms with Gasteiger partial charge in [-0.15, -0.1) is 11.3 Å². The molecule has 6 heteroatoms. The molecule has 0 amide bonds. The van der Waals surface area contributed by atoms with E-state index in [9.17, 15) is 4.39 Å². The first-order chi connectivity index (χ1) is 8.20. The van der Waals surface area contributed by atoms with Crippen LogP contribution in [0.1, 0.15) is 17.4 Å². The molecule has 2 heterocycles. The van der Waals surface area contributed by atoms with Gasteiger partial charge in [0.2, 0.25) is 5.95 Å². The molecule has 0 radical (unpaired) electrons. The van der Waals surface area contributed by atoms with Gasteiger partial charge in [0.05, 0.1) is 12.7 Å². The minimum atomic E-state index is -0.492. The van der Waals surface area contributed by atoms with E-state index < -0.39 is 5.82 Å². The summed E-state index contributed by atoms with van der Waals surface area (Å²) in [6.07, 6.45) is 2.04. The van der Waals surface area contributed by atoms with Gasteiger partial charge in [-0.3, -0.25) is 0 Å². The molecule has 0 unspecified atom stereocenters. The van der Waals surface area contributed by atoms with Crippen molar-refractivity contribution in [1.82, 2.24) is 9.97 Å². The highest BCUT2D eigenvalue weighted by atomic mass is 32.1. The first-order valence-electron chi connectivity index (χ1n) is 5.27. The zero-order valence-corrected chi connectivity index (χ0v) is 10.2. The van der Waals surface area contributed by atoms with Gasteiger partial charge >= 0.3 is 0 Å². The highest BCUT2D eigenvalue weighted by Crippen LogP contribution is 2.19. The largest absolute Gasteiger partial charge is 0.368 e. The number of nitrogens with two attached hydrogens (primary N) is 1. The van der Waals surface area contributed by atoms with Crippen LogP contribution < -0.4 is 11.1 Å². The van der Waals surface area contributed by atoms with Crippen LogP contribution in [0.25, 0.3) is 0 Å². The number of hydrogen-bond donors (Lipinski definition) is 2. The molecule has 0 saturated heterocycles. The Morgan fingerprint density at radius 2 is 2.35 bits per heavy atom. The molecule has 0 atom stereocenters. The van der Waals surface area contributed by atoms with Crippen LogP contribution in [-0.4, -0.2) is 9.97 Å². The molecule has 17 heavy (non-hydrogen) atoms. The SMILES string of the molecule is CCc1ccsc1CNc1nc(N)ncc1F. The Labute approximate surface area is 103 Å². The van der Waals surface area contributed by atoms with Crippen LogP contribution in [0.3, 0.4) is 0 Å². The molecule has 2 rings (SSSR count). The van der Waals surface area contributed by atoms with E-state index in [1.54, 1.807) is 11.3 Å². The maximum atomic E-state index is 13.3. The van der Waals surface area contributed by atoms with Gasteiger partial charge in [0.15, 0.2) is 11.6 Å². The Morgan fingerprint density at radius 1 is 1.53 bits per heavy atom. The second-order valence-electron chi connectivity index (χ2n) is 3.50. The van der Waals surface area contributed by atoms with E-state index in [-0.39, 0.29) is 11.8 Å². The lowest BCUT2D eigenvalue weighted by Crippen LogP contribution is -2.06. The Balaban J connectivity index is 2.09. The zero-order chi connectivity index (χ0) is 12.3. The fraction of sp³-hybridized carbons (Fsp3) is 0.273. The maximum absolute atomic E-state index is 13.3. The molecule has 0 aliphatic heterocycles. The third-order valence-electron chi connectivity index (χ3n) is 2.40. The van der Waals surface area contributed by atoms with Crippen LogP contribution in [0.2, 0.25) is 0 Å². The number of nitrogen functional groups attached to an aromatic ring is 1. The molecule has 2 aromatic heterocycles. The van der Waals surface area contributed by atoms with Crippen molar-refractivity contribution in [2.24, 2.45) is 0 Å². The third kappa shape index (κ3) is 2.71. The van der Waals surface area contributed by atoms with Crippen LogP contribution in [0, 0.1) is 5.82 Å². The van der Waals surface area contributed by atoms with E-state index >= 15 is 0 Å². The minimum Gasteiger partial charge on any atom is -0.368 e. The van der Waals surface area contributed by atoms with Gasteiger partial charge in [0, 0.05) is 4.88 Å². The van der Waals surface area contributed by atoms with Crippen molar-refractivity contribution < 1.29 is 4.39 Å². The summed E-state index contributed by atoms with van der Waals surface area (Å²) in [5.74, 6) is -0.280. The first kappa shape index (κ1) is 11.8. The van der Waals surface area contributed by atoms with Gasteiger partial charge < -0.3 is 11.1 Å². The van der Waals surface area contributed by atoms with E-state index in [4.69, 9.17) is 5.73 Å². The number of anilines is 2. The summed E-state index contributed by atoms with van der Waals surface area (Å²) < 4.78 is 13.3. The van der Waals surface area contributed by atoms with Gasteiger partial charge in [-0.25, -0.2) is 9.37 Å². The molecule has 4 nitrogen and oxygen atoms in total. The molecule has 0 aliphatic rings. The molecular formula is C11H13FN4S. The van der Waals surface area contributed by atoms with Gasteiger partial charge in [-0.1, -0.05) is 6.92 Å². The predicted octanol–water partition coefficient (Wildman–Crippen LogP) is 2.43. The Hall–Kier alpha value is -1.69. The van der Waals surface area contributed by atoms with Crippen LogP contribution >= 0.6 is 11.3 Å². The summed E-state index contributed by atoms with van der Waals surface area (Å²) in [5, 5.41) is 4.96. The number of hydrogen-bond acceptors (Lipinski definition) is 5. The summed E-state index contributed by atoms with van der Waals surface area (Å²) >= 11 is 1.64. The fourth-order valence-corrected chi connectivity index (χ4v) is 2.42. The monoisotopic (exact) mass is 252 g/mol. The second-order valence-corrected chi connectivity index (χ2v) is 4.50. The predicted molar refractivity (Wildman–Crippen MR) is 67.4 cm³/mol. The van der Waals surface area contributed by atoms with Gasteiger partial charge in [0.25, 0.3) is 0 Å². The normalized spacial score (nSPS) is 10.5. The van der Waals surface area contributed by atoms with Crippen molar-refractivity contribution in [2.45, 2.75) is 19.9 Å². The minimum absolute atomic E-state index is 0.0656. The third-order valence-corrected chi connectivity index (χ3v) is 3.36. The Kier molecular flexibility index (Phi) is 3.53. The molecule has 2 aromatic rings. The maximum Gasteiger partial charge on any atom is 0.222 e. The van der Waals surface area contributed by atoms with Crippen molar-refractivity contribution in [1.29, 1.82) is 0 Å². The fourth-order valence-electron chi connectivity index (χ4n) is 1.51. The molecule has 0 aromatic carbocycles. The van der Waals surface area contributed by atoms with Crippen LogP contribution in [0.4, 0.5) is 16.2 Å². The molecule has 0 saturated carbocycles. The molecular weight excluding hydrogens is 239 g/mol. The van der Waals surface area contributed by atoms with Crippen LogP contribution in [-0.2, 0) is 13.0 Å². The first-order valence-corrected chi connectivity index (χ1v) is 6.15. The number of rotatable bonds is 4. The highest BCUT2D eigenvalue weighted by molar-refractivity contribution is 7.10. The summed E-state index contributed by atoms with van der Waals surface area (Å²) in [4.78, 5) is 8.57. The number of aromatic nitrogens is 2. The van der Waals surface area contributed by atoms with Gasteiger partial charge in [-0.05, 0) is 23.4 Å². The lowest BCUT2D eigenvalue weighted by Gasteiger charge is -2.06. The quantitative estimate of drug-likeness (QED) is 0.877. The van der Waals surface area contributed by atoms with Crippen molar-refractivity contribution in [3.05, 3.63) is 33.9 Å². The summed E-state index contributed by atoms with van der Waals surface area (Å²) in [7, 11) is 0. The zero-order valence-electron chi connectivity index (χ0n) is 9.40. The van der Waals surface area contributed by atoms with E-state index in [0.29, 0.717) is 6.54 Å². The number of halogens is 1. The smallest absolute Gasteiger partial charge is 0.222 e. The number of nitrogens with zero attached hydrogens (tertiary/aromatic N) is 2. The standard InChI is InChI=1S/C11H13FN4S/c1-2-7-3-4-17-9(7)6-14-10-8(12)5-15-11(13)16-10/h3-5H,2,6H2,1H3,(H3,13,14,15,16). The van der Waals surface area contributed by atoms with Crippen molar-refractivity contribution in [2.75, 3.05) is 11.1 Å². The molecule has 0 aliphatic carbocycles. The van der Waals surface area contributed by atoms with Crippen molar-refractivity contribution in [3.63, 3.8) is 0 Å². The van der Waals surface area contributed by atoms with E-state index in [1.807, 2.05) is 5.38 Å². The lowest BCUT2D eigenvalue weighted by molar-refractivity contribution is 0.617. The van der Waals surface area contributed by atoms with E-state index in [0.717, 1.165) is 12.6 Å². The second kappa shape index (κ2) is 5.09. The van der Waals surface area contributed by atoms with Gasteiger partial charge in [0.1, 0.15) is 0 Å². The van der Waals surface area contributed by atoms with E-state index in [2.05, 4.69) is 28.3 Å². The highest BCUT2D eigenvalue weighted by Gasteiger charge is 2.07. The van der Waals surface area contributed by atoms with Crippen molar-refractivity contribution >= 4 is 23.1 Å². The molecule has 90 valence electrons. The molecule has 0 spiro atoms. The average molecular weight is 252 g/mol. The molecule has 0 bridgehead atoms. The Morgan fingerprint density at radius 3 is 3.12 bits per heavy atom. The number of thiophene rings is 1. The van der Waals surface area contributed by atoms with Crippen LogP contribution in [0.15, 0.2) is 17.6 Å². The van der Waals surface area contributed by atoms with E-state index in [1.165, 1.54) is 10.4 Å². The summed E-state index contributed by atoms with van der Waals surface area (Å²) in [5.41, 5.74) is 6.67. The number of aryl methyl sites for hydroxylation is 1. The topological polar surface area (TPSA) is 63.8 Å². The summed E-state index contributed by atoms with van der Waals surface area (Å²) in [6.45, 7) is 2.64. The average Bonchev–Trinajstić information content (AvgIpc) is 2.77. The molecule has 0 fully saturated rings. The van der Waals surface area contributed by atoms with Gasteiger partial charge in [-0.2, -0.15) is 4.98 Å². The Bertz CT molecular complexity index is 512. The van der Waals surface area contributed by atoms with Crippen LogP contribution in [0.5, 0.6) is 0 Å². The van der Waals surface area contributed by atoms with Crippen molar-refractivity contribution in [3.8, 4) is 0 Å². The lowest BCUT2D eigenvalue weighted by atomic mass is 10.2.